The Labute approximate surface area is 150 Å². The summed E-state index contributed by atoms with van der Waals surface area (Å²) in [5.74, 6) is -2.98. The number of hydrogen-bond acceptors (Lipinski definition) is 7. The normalized spacial score (nSPS) is 52.9. The average Bonchev–Trinajstić information content (AvgIpc) is 3.28. The zero-order valence-corrected chi connectivity index (χ0v) is 14.6. The van der Waals surface area contributed by atoms with E-state index in [0.717, 1.165) is 5.56 Å². The Kier molecular flexibility index (Phi) is 3.28. The van der Waals surface area contributed by atoms with Crippen LogP contribution in [0.3, 0.4) is 0 Å². The lowest BCUT2D eigenvalue weighted by molar-refractivity contribution is -0.271. The molecule has 26 heavy (non-hydrogen) atoms. The molecule has 0 aromatic carbocycles. The van der Waals surface area contributed by atoms with E-state index in [1.54, 1.807) is 18.6 Å². The SMILES string of the molecule is C[C@@H]1C[C@@]2(O)OC[C@]3(O)[C@H]2[C@H](CC[C@@H]3O)[C@@]12C[C@@H](c1ccoc1)OC2=O. The minimum absolute atomic E-state index is 0.116. The van der Waals surface area contributed by atoms with Gasteiger partial charge in [0.2, 0.25) is 0 Å². The van der Waals surface area contributed by atoms with Crippen LogP contribution < -0.4 is 0 Å². The van der Waals surface area contributed by atoms with Gasteiger partial charge in [-0.25, -0.2) is 0 Å². The van der Waals surface area contributed by atoms with Crippen LogP contribution in [-0.4, -0.2) is 45.4 Å². The maximum atomic E-state index is 13.1. The summed E-state index contributed by atoms with van der Waals surface area (Å²) in [6.45, 7) is 1.83. The van der Waals surface area contributed by atoms with Crippen molar-refractivity contribution in [2.24, 2.45) is 23.2 Å². The van der Waals surface area contributed by atoms with Crippen LogP contribution in [0.5, 0.6) is 0 Å². The standard InChI is InChI=1S/C19H24O7/c1-10-6-19(23)15-12(2-3-14(20)18(15,22)9-25-19)17(10)7-13(26-16(17)21)11-4-5-24-8-11/h4-5,8,10,12-15,20,22-23H,2-3,6-7,9H2,1H3/t10-,12+,13+,14+,15-,17-,18-,19-/m1/s1. The molecule has 1 aromatic heterocycles. The Morgan fingerprint density at radius 2 is 2.04 bits per heavy atom. The van der Waals surface area contributed by atoms with Gasteiger partial charge in [0.15, 0.2) is 5.79 Å². The number of aliphatic hydroxyl groups is 3. The number of carbonyl (C=O) groups is 1. The number of hydrogen-bond donors (Lipinski definition) is 3. The summed E-state index contributed by atoms with van der Waals surface area (Å²) in [5.41, 5.74) is -1.52. The number of ether oxygens (including phenoxy) is 2. The van der Waals surface area contributed by atoms with E-state index >= 15 is 0 Å². The van der Waals surface area contributed by atoms with Crippen LogP contribution in [0.15, 0.2) is 23.0 Å². The number of rotatable bonds is 1. The van der Waals surface area contributed by atoms with Crippen molar-refractivity contribution in [2.45, 2.75) is 56.2 Å². The Balaban J connectivity index is 1.59. The molecule has 1 aromatic rings. The van der Waals surface area contributed by atoms with E-state index in [1.807, 2.05) is 6.92 Å². The lowest BCUT2D eigenvalue weighted by Crippen LogP contribution is -2.66. The molecule has 5 rings (SSSR count). The first-order valence-electron chi connectivity index (χ1n) is 9.31. The molecule has 7 heteroatoms. The molecule has 2 aliphatic heterocycles. The van der Waals surface area contributed by atoms with E-state index in [-0.39, 0.29) is 30.8 Å². The number of carbonyl (C=O) groups excluding carboxylic acids is 1. The van der Waals surface area contributed by atoms with E-state index in [0.29, 0.717) is 19.3 Å². The van der Waals surface area contributed by atoms with Gasteiger partial charge in [-0.1, -0.05) is 6.92 Å². The molecule has 0 unspecified atom stereocenters. The van der Waals surface area contributed by atoms with Crippen LogP contribution in [-0.2, 0) is 14.3 Å². The van der Waals surface area contributed by atoms with E-state index in [1.165, 1.54) is 0 Å². The van der Waals surface area contributed by atoms with Crippen molar-refractivity contribution in [3.05, 3.63) is 24.2 Å². The van der Waals surface area contributed by atoms with Crippen molar-refractivity contribution < 1.29 is 34.0 Å². The zero-order valence-electron chi connectivity index (χ0n) is 14.6. The third kappa shape index (κ3) is 1.84. The van der Waals surface area contributed by atoms with Gasteiger partial charge in [0.25, 0.3) is 0 Å². The summed E-state index contributed by atoms with van der Waals surface area (Å²) >= 11 is 0. The summed E-state index contributed by atoms with van der Waals surface area (Å²) in [6, 6.07) is 1.79. The fourth-order valence-corrected chi connectivity index (χ4v) is 6.28. The van der Waals surface area contributed by atoms with Gasteiger partial charge in [0.1, 0.15) is 11.7 Å². The topological polar surface area (TPSA) is 109 Å². The molecule has 1 spiro atoms. The van der Waals surface area contributed by atoms with Crippen LogP contribution in [0.4, 0.5) is 0 Å². The summed E-state index contributed by atoms with van der Waals surface area (Å²) in [5, 5.41) is 32.6. The van der Waals surface area contributed by atoms with Gasteiger partial charge >= 0.3 is 5.97 Å². The van der Waals surface area contributed by atoms with Gasteiger partial charge in [-0.3, -0.25) is 4.79 Å². The van der Waals surface area contributed by atoms with E-state index in [2.05, 4.69) is 0 Å². The van der Waals surface area contributed by atoms with Gasteiger partial charge in [-0.2, -0.15) is 0 Å². The number of cyclic esters (lactones) is 1. The van der Waals surface area contributed by atoms with Crippen LogP contribution in [0.1, 0.15) is 44.3 Å². The third-order valence-electron chi connectivity index (χ3n) is 7.52. The van der Waals surface area contributed by atoms with Crippen molar-refractivity contribution in [2.75, 3.05) is 6.61 Å². The third-order valence-corrected chi connectivity index (χ3v) is 7.52. The van der Waals surface area contributed by atoms with Crippen LogP contribution in [0.2, 0.25) is 0 Å². The first-order chi connectivity index (χ1) is 12.3. The molecule has 2 saturated heterocycles. The Morgan fingerprint density at radius 3 is 2.77 bits per heavy atom. The zero-order chi connectivity index (χ0) is 18.3. The Hall–Kier alpha value is -1.41. The van der Waals surface area contributed by atoms with E-state index < -0.39 is 34.9 Å². The maximum absolute atomic E-state index is 13.1. The summed E-state index contributed by atoms with van der Waals surface area (Å²) in [7, 11) is 0. The Bertz CT molecular complexity index is 732. The quantitative estimate of drug-likeness (QED) is 0.641. The lowest BCUT2D eigenvalue weighted by atomic mass is 9.48. The summed E-state index contributed by atoms with van der Waals surface area (Å²) < 4.78 is 16.5. The van der Waals surface area contributed by atoms with Crippen molar-refractivity contribution in [1.82, 2.24) is 0 Å². The monoisotopic (exact) mass is 364 g/mol. The highest BCUT2D eigenvalue weighted by Gasteiger charge is 2.75. The molecular weight excluding hydrogens is 340 g/mol. The van der Waals surface area contributed by atoms with E-state index in [4.69, 9.17) is 13.9 Å². The Morgan fingerprint density at radius 1 is 1.23 bits per heavy atom. The van der Waals surface area contributed by atoms with Crippen molar-refractivity contribution >= 4 is 5.97 Å². The lowest BCUT2D eigenvalue weighted by Gasteiger charge is -2.57. The molecule has 0 radical (unpaired) electrons. The fourth-order valence-electron chi connectivity index (χ4n) is 6.28. The first kappa shape index (κ1) is 16.7. The predicted molar refractivity (Wildman–Crippen MR) is 86.4 cm³/mol. The fraction of sp³-hybridized carbons (Fsp3) is 0.737. The van der Waals surface area contributed by atoms with E-state index in [9.17, 15) is 20.1 Å². The van der Waals surface area contributed by atoms with Gasteiger partial charge in [0, 0.05) is 18.4 Å². The molecule has 2 saturated carbocycles. The van der Waals surface area contributed by atoms with Crippen molar-refractivity contribution in [3.8, 4) is 0 Å². The minimum atomic E-state index is -1.53. The van der Waals surface area contributed by atoms with Crippen molar-refractivity contribution in [3.63, 3.8) is 0 Å². The van der Waals surface area contributed by atoms with Crippen molar-refractivity contribution in [1.29, 1.82) is 0 Å². The molecule has 4 fully saturated rings. The average molecular weight is 364 g/mol. The van der Waals surface area contributed by atoms with Gasteiger partial charge < -0.3 is 29.2 Å². The largest absolute Gasteiger partial charge is 0.472 e. The molecule has 142 valence electrons. The van der Waals surface area contributed by atoms with Crippen LogP contribution in [0.25, 0.3) is 0 Å². The highest BCUT2D eigenvalue weighted by molar-refractivity contribution is 5.80. The summed E-state index contributed by atoms with van der Waals surface area (Å²) in [4.78, 5) is 13.1. The molecule has 0 bridgehead atoms. The maximum Gasteiger partial charge on any atom is 0.313 e. The highest BCUT2D eigenvalue weighted by atomic mass is 16.6. The minimum Gasteiger partial charge on any atom is -0.472 e. The highest BCUT2D eigenvalue weighted by Crippen LogP contribution is 2.67. The molecule has 3 N–H and O–H groups in total. The number of furan rings is 1. The van der Waals surface area contributed by atoms with Crippen LogP contribution in [0, 0.1) is 23.2 Å². The first-order valence-corrected chi connectivity index (χ1v) is 9.31. The molecule has 7 nitrogen and oxygen atoms in total. The molecule has 0 amide bonds. The molecule has 3 heterocycles. The van der Waals surface area contributed by atoms with Gasteiger partial charge in [-0.05, 0) is 30.7 Å². The molecule has 4 aliphatic rings. The van der Waals surface area contributed by atoms with Gasteiger partial charge in [0.05, 0.1) is 36.6 Å². The second-order valence-corrected chi connectivity index (χ2v) is 8.60. The molecule has 2 aliphatic carbocycles. The van der Waals surface area contributed by atoms with Crippen LogP contribution >= 0.6 is 0 Å². The predicted octanol–water partition coefficient (Wildman–Crippen LogP) is 1.13. The number of aliphatic hydroxyl groups excluding tert-OH is 1. The smallest absolute Gasteiger partial charge is 0.313 e. The summed E-state index contributed by atoms with van der Waals surface area (Å²) in [6.07, 6.45) is 3.40. The molecular formula is C19H24O7. The van der Waals surface area contributed by atoms with Gasteiger partial charge in [-0.15, -0.1) is 0 Å². The second-order valence-electron chi connectivity index (χ2n) is 8.60. The number of esters is 1. The molecule has 8 atom stereocenters. The second kappa shape index (κ2) is 5.10. The number of fused-ring (bicyclic) bond motifs is 1.